The number of likely N-dealkylation sites (N-methyl/N-ethyl adjacent to an activating group) is 1. The number of benzene rings is 1. The van der Waals surface area contributed by atoms with Crippen molar-refractivity contribution in [1.82, 2.24) is 5.32 Å². The molecule has 0 saturated heterocycles. The topological polar surface area (TPSA) is 49.0 Å². The molecule has 0 spiro atoms. The van der Waals surface area contributed by atoms with Crippen LogP contribution in [0.5, 0.6) is 5.75 Å². The molecule has 0 fully saturated rings. The molecule has 1 aromatic rings. The quantitative estimate of drug-likeness (QED) is 0.516. The summed E-state index contributed by atoms with van der Waals surface area (Å²) < 4.78 is 21.4. The molecule has 0 atom stereocenters. The van der Waals surface area contributed by atoms with Gasteiger partial charge in [-0.3, -0.25) is 0 Å². The lowest BCUT2D eigenvalue weighted by Gasteiger charge is -2.15. The van der Waals surface area contributed by atoms with Gasteiger partial charge in [-0.2, -0.15) is 0 Å². The minimum Gasteiger partial charge on any atom is -0.491 e. The predicted octanol–water partition coefficient (Wildman–Crippen LogP) is 1.59. The van der Waals surface area contributed by atoms with Gasteiger partial charge >= 0.3 is 0 Å². The van der Waals surface area contributed by atoms with Crippen LogP contribution in [0.15, 0.2) is 24.3 Å². The molecule has 1 rings (SSSR count). The zero-order valence-corrected chi connectivity index (χ0v) is 11.8. The third-order valence-electron chi connectivity index (χ3n) is 2.55. The van der Waals surface area contributed by atoms with Gasteiger partial charge in [-0.05, 0) is 19.2 Å². The third kappa shape index (κ3) is 6.02. The molecule has 0 radical (unpaired) electrons. The van der Waals surface area contributed by atoms with Crippen LogP contribution < -0.4 is 10.1 Å². The predicted molar refractivity (Wildman–Crippen MR) is 73.4 cm³/mol. The third-order valence-corrected chi connectivity index (χ3v) is 2.55. The van der Waals surface area contributed by atoms with Crippen molar-refractivity contribution in [2.45, 2.75) is 6.29 Å². The Morgan fingerprint density at radius 3 is 2.58 bits per heavy atom. The highest BCUT2D eigenvalue weighted by atomic mass is 16.7. The van der Waals surface area contributed by atoms with E-state index in [-0.39, 0.29) is 6.29 Å². The van der Waals surface area contributed by atoms with Gasteiger partial charge < -0.3 is 24.3 Å². The lowest BCUT2D eigenvalue weighted by Crippen LogP contribution is -2.16. The molecule has 0 aliphatic carbocycles. The van der Waals surface area contributed by atoms with Crippen LogP contribution >= 0.6 is 0 Å². The Morgan fingerprint density at radius 1 is 1.11 bits per heavy atom. The minimum absolute atomic E-state index is 0.365. The number of ether oxygens (including phenoxy) is 4. The van der Waals surface area contributed by atoms with Crippen LogP contribution in [0.4, 0.5) is 0 Å². The highest BCUT2D eigenvalue weighted by molar-refractivity contribution is 5.29. The molecule has 0 bridgehead atoms. The van der Waals surface area contributed by atoms with Crippen molar-refractivity contribution in [3.05, 3.63) is 29.8 Å². The molecule has 19 heavy (non-hydrogen) atoms. The molecular weight excluding hydrogens is 246 g/mol. The first-order valence-electron chi connectivity index (χ1n) is 6.32. The maximum absolute atomic E-state index is 5.61. The lowest BCUT2D eigenvalue weighted by atomic mass is 10.2. The van der Waals surface area contributed by atoms with E-state index in [1.165, 1.54) is 0 Å². The molecule has 1 N–H and O–H groups in total. The number of nitrogens with one attached hydrogen (secondary N) is 1. The summed E-state index contributed by atoms with van der Waals surface area (Å²) >= 11 is 0. The Labute approximate surface area is 114 Å². The molecule has 1 aromatic carbocycles. The van der Waals surface area contributed by atoms with Gasteiger partial charge in [0.1, 0.15) is 12.4 Å². The first kappa shape index (κ1) is 15.9. The largest absolute Gasteiger partial charge is 0.491 e. The van der Waals surface area contributed by atoms with Crippen molar-refractivity contribution in [2.24, 2.45) is 0 Å². The van der Waals surface area contributed by atoms with E-state index in [9.17, 15) is 0 Å². The molecule has 0 saturated carbocycles. The Morgan fingerprint density at radius 2 is 1.89 bits per heavy atom. The standard InChI is InChI=1S/C14H23NO4/c1-15-7-8-18-9-10-19-13-6-4-5-12(11-13)14(16-2)17-3/h4-6,11,14-15H,7-10H2,1-3H3. The first-order valence-corrected chi connectivity index (χ1v) is 6.32. The average molecular weight is 269 g/mol. The van der Waals surface area contributed by atoms with E-state index in [1.54, 1.807) is 14.2 Å². The number of methoxy groups -OCH3 is 2. The van der Waals surface area contributed by atoms with Crippen molar-refractivity contribution in [3.63, 3.8) is 0 Å². The fourth-order valence-electron chi connectivity index (χ4n) is 1.61. The average Bonchev–Trinajstić information content (AvgIpc) is 2.45. The van der Waals surface area contributed by atoms with E-state index in [2.05, 4.69) is 5.32 Å². The van der Waals surface area contributed by atoms with Gasteiger partial charge in [0.05, 0.1) is 13.2 Å². The van der Waals surface area contributed by atoms with Crippen LogP contribution in [0.2, 0.25) is 0 Å². The normalized spacial score (nSPS) is 10.9. The summed E-state index contributed by atoms with van der Waals surface area (Å²) in [5, 5.41) is 3.02. The molecule has 0 aliphatic heterocycles. The van der Waals surface area contributed by atoms with E-state index < -0.39 is 0 Å². The maximum Gasteiger partial charge on any atom is 0.183 e. The summed E-state index contributed by atoms with van der Waals surface area (Å²) in [6, 6.07) is 7.66. The number of hydrogen-bond acceptors (Lipinski definition) is 5. The number of rotatable bonds is 10. The maximum atomic E-state index is 5.61. The summed E-state index contributed by atoms with van der Waals surface area (Å²) in [5.41, 5.74) is 0.929. The van der Waals surface area contributed by atoms with Crippen molar-refractivity contribution < 1.29 is 18.9 Å². The van der Waals surface area contributed by atoms with Gasteiger partial charge in [0.25, 0.3) is 0 Å². The monoisotopic (exact) mass is 269 g/mol. The highest BCUT2D eigenvalue weighted by Gasteiger charge is 2.09. The van der Waals surface area contributed by atoms with Crippen LogP contribution in [-0.2, 0) is 14.2 Å². The van der Waals surface area contributed by atoms with E-state index in [0.29, 0.717) is 19.8 Å². The minimum atomic E-state index is -0.365. The van der Waals surface area contributed by atoms with Gasteiger partial charge in [-0.25, -0.2) is 0 Å². The van der Waals surface area contributed by atoms with Crippen molar-refractivity contribution in [1.29, 1.82) is 0 Å². The Hall–Kier alpha value is -1.14. The summed E-state index contributed by atoms with van der Waals surface area (Å²) in [6.07, 6.45) is -0.365. The van der Waals surface area contributed by atoms with Crippen molar-refractivity contribution in [3.8, 4) is 5.75 Å². The lowest BCUT2D eigenvalue weighted by molar-refractivity contribution is -0.106. The van der Waals surface area contributed by atoms with E-state index in [4.69, 9.17) is 18.9 Å². The SMILES string of the molecule is CNCCOCCOc1cccc(C(OC)OC)c1. The van der Waals surface area contributed by atoms with Crippen LogP contribution in [0.3, 0.4) is 0 Å². The number of hydrogen-bond donors (Lipinski definition) is 1. The van der Waals surface area contributed by atoms with Gasteiger partial charge in [0.2, 0.25) is 0 Å². The second-order valence-electron chi connectivity index (χ2n) is 3.94. The summed E-state index contributed by atoms with van der Waals surface area (Å²) in [5.74, 6) is 0.786. The van der Waals surface area contributed by atoms with Crippen molar-refractivity contribution >= 4 is 0 Å². The van der Waals surface area contributed by atoms with Crippen LogP contribution in [0.25, 0.3) is 0 Å². The Balaban J connectivity index is 2.35. The summed E-state index contributed by atoms with van der Waals surface area (Å²) in [6.45, 7) is 2.63. The smallest absolute Gasteiger partial charge is 0.183 e. The molecule has 0 unspecified atom stereocenters. The van der Waals surface area contributed by atoms with Crippen molar-refractivity contribution in [2.75, 3.05) is 47.6 Å². The first-order chi connectivity index (χ1) is 9.31. The fraction of sp³-hybridized carbons (Fsp3) is 0.571. The second kappa shape index (κ2) is 9.75. The Kier molecular flexibility index (Phi) is 8.16. The van der Waals surface area contributed by atoms with Crippen LogP contribution in [0.1, 0.15) is 11.9 Å². The second-order valence-corrected chi connectivity index (χ2v) is 3.94. The van der Waals surface area contributed by atoms with E-state index in [0.717, 1.165) is 17.9 Å². The van der Waals surface area contributed by atoms with Gasteiger partial charge in [-0.15, -0.1) is 0 Å². The molecular formula is C14H23NO4. The molecule has 108 valence electrons. The zero-order valence-electron chi connectivity index (χ0n) is 11.8. The van der Waals surface area contributed by atoms with Gasteiger partial charge in [0.15, 0.2) is 6.29 Å². The highest BCUT2D eigenvalue weighted by Crippen LogP contribution is 2.21. The molecule has 0 aliphatic rings. The molecule has 5 heteroatoms. The van der Waals surface area contributed by atoms with Gasteiger partial charge in [0, 0.05) is 26.3 Å². The van der Waals surface area contributed by atoms with Crippen LogP contribution in [-0.4, -0.2) is 47.6 Å². The zero-order chi connectivity index (χ0) is 13.9. The van der Waals surface area contributed by atoms with Gasteiger partial charge in [-0.1, -0.05) is 12.1 Å². The molecule has 0 amide bonds. The van der Waals surface area contributed by atoms with E-state index in [1.807, 2.05) is 31.3 Å². The Bertz CT molecular complexity index is 342. The summed E-state index contributed by atoms with van der Waals surface area (Å²) in [7, 11) is 5.11. The fourth-order valence-corrected chi connectivity index (χ4v) is 1.61. The van der Waals surface area contributed by atoms with E-state index >= 15 is 0 Å². The van der Waals surface area contributed by atoms with Crippen LogP contribution in [0, 0.1) is 0 Å². The molecule has 0 heterocycles. The molecule has 5 nitrogen and oxygen atoms in total. The summed E-state index contributed by atoms with van der Waals surface area (Å²) in [4.78, 5) is 0. The molecule has 0 aromatic heterocycles.